The van der Waals surface area contributed by atoms with Crippen molar-refractivity contribution in [1.29, 1.82) is 0 Å². The fraction of sp³-hybridized carbons (Fsp3) is 0.562. The molecule has 1 atom stereocenters. The van der Waals surface area contributed by atoms with Crippen molar-refractivity contribution >= 4 is 11.6 Å². The number of amides is 1. The van der Waals surface area contributed by atoms with Crippen molar-refractivity contribution in [3.05, 3.63) is 29.8 Å². The molecule has 0 aromatic heterocycles. The molecule has 2 heterocycles. The van der Waals surface area contributed by atoms with Gasteiger partial charge in [-0.1, -0.05) is 18.2 Å². The van der Waals surface area contributed by atoms with Crippen molar-refractivity contribution in [2.24, 2.45) is 5.73 Å². The standard InChI is InChI=1S/C16H24N4O/c1-18-6-8-19(9-7-18)16(21)12-20-11-14(17)10-13-4-2-3-5-15(13)20/h2-5,14H,6-12,17H2,1H3. The molecule has 1 fully saturated rings. The van der Waals surface area contributed by atoms with Crippen molar-refractivity contribution < 1.29 is 4.79 Å². The van der Waals surface area contributed by atoms with Crippen molar-refractivity contribution in [2.75, 3.05) is 51.2 Å². The van der Waals surface area contributed by atoms with Gasteiger partial charge in [-0.3, -0.25) is 4.79 Å². The molecule has 0 radical (unpaired) electrons. The molecule has 1 aromatic carbocycles. The number of para-hydroxylation sites is 1. The minimum Gasteiger partial charge on any atom is -0.360 e. The molecule has 1 aromatic rings. The molecule has 1 saturated heterocycles. The van der Waals surface area contributed by atoms with Gasteiger partial charge >= 0.3 is 0 Å². The Bertz CT molecular complexity index is 511. The van der Waals surface area contributed by atoms with Crippen LogP contribution in [0.5, 0.6) is 0 Å². The van der Waals surface area contributed by atoms with Gasteiger partial charge in [0.1, 0.15) is 0 Å². The summed E-state index contributed by atoms with van der Waals surface area (Å²) >= 11 is 0. The second kappa shape index (κ2) is 6.03. The number of nitrogens with two attached hydrogens (primary N) is 1. The Morgan fingerprint density at radius 3 is 2.71 bits per heavy atom. The number of rotatable bonds is 2. The third-order valence-corrected chi connectivity index (χ3v) is 4.45. The van der Waals surface area contributed by atoms with Crippen molar-refractivity contribution in [2.45, 2.75) is 12.5 Å². The van der Waals surface area contributed by atoms with Gasteiger partial charge in [-0.25, -0.2) is 0 Å². The van der Waals surface area contributed by atoms with E-state index in [9.17, 15) is 4.79 Å². The zero-order valence-corrected chi connectivity index (χ0v) is 12.7. The van der Waals surface area contributed by atoms with Crippen LogP contribution in [0.4, 0.5) is 5.69 Å². The van der Waals surface area contributed by atoms with Crippen LogP contribution < -0.4 is 10.6 Å². The summed E-state index contributed by atoms with van der Waals surface area (Å²) in [5.74, 6) is 0.215. The Kier molecular flexibility index (Phi) is 4.12. The summed E-state index contributed by atoms with van der Waals surface area (Å²) in [5, 5.41) is 0. The van der Waals surface area contributed by atoms with Gasteiger partial charge < -0.3 is 20.4 Å². The van der Waals surface area contributed by atoms with Gasteiger partial charge in [-0.2, -0.15) is 0 Å². The molecule has 5 heteroatoms. The van der Waals surface area contributed by atoms with Crippen LogP contribution in [0.2, 0.25) is 0 Å². The van der Waals surface area contributed by atoms with Gasteiger partial charge in [0.2, 0.25) is 5.91 Å². The van der Waals surface area contributed by atoms with Gasteiger partial charge in [0, 0.05) is 44.5 Å². The molecule has 0 spiro atoms. The Labute approximate surface area is 126 Å². The normalized spacial score (nSPS) is 23.0. The largest absolute Gasteiger partial charge is 0.360 e. The van der Waals surface area contributed by atoms with Crippen molar-refractivity contribution in [1.82, 2.24) is 9.80 Å². The van der Waals surface area contributed by atoms with E-state index in [0.29, 0.717) is 6.54 Å². The number of carbonyl (C=O) groups excluding carboxylic acids is 1. The molecule has 2 aliphatic rings. The van der Waals surface area contributed by atoms with Crippen LogP contribution in [0.15, 0.2) is 24.3 Å². The summed E-state index contributed by atoms with van der Waals surface area (Å²) in [7, 11) is 2.10. The van der Waals surface area contributed by atoms with E-state index in [1.807, 2.05) is 17.0 Å². The molecule has 1 unspecified atom stereocenters. The minimum absolute atomic E-state index is 0.111. The molecule has 0 aliphatic carbocycles. The maximum absolute atomic E-state index is 12.5. The number of anilines is 1. The maximum atomic E-state index is 12.5. The van der Waals surface area contributed by atoms with E-state index in [1.54, 1.807) is 0 Å². The number of fused-ring (bicyclic) bond motifs is 1. The first-order chi connectivity index (χ1) is 10.1. The molecular formula is C16H24N4O. The third-order valence-electron chi connectivity index (χ3n) is 4.45. The molecule has 2 aliphatic heterocycles. The first kappa shape index (κ1) is 14.4. The Morgan fingerprint density at radius 1 is 1.24 bits per heavy atom. The van der Waals surface area contributed by atoms with E-state index in [4.69, 9.17) is 5.73 Å². The Hall–Kier alpha value is -1.59. The van der Waals surface area contributed by atoms with Gasteiger partial charge in [-0.05, 0) is 25.1 Å². The lowest BCUT2D eigenvalue weighted by Crippen LogP contribution is -2.52. The lowest BCUT2D eigenvalue weighted by atomic mass is 9.98. The minimum atomic E-state index is 0.111. The molecule has 114 valence electrons. The van der Waals surface area contributed by atoms with Crippen LogP contribution in [0.25, 0.3) is 0 Å². The lowest BCUT2D eigenvalue weighted by Gasteiger charge is -2.37. The van der Waals surface area contributed by atoms with Gasteiger partial charge in [0.15, 0.2) is 0 Å². The summed E-state index contributed by atoms with van der Waals surface area (Å²) in [6, 6.07) is 8.39. The van der Waals surface area contributed by atoms with E-state index in [1.165, 1.54) is 11.3 Å². The summed E-state index contributed by atoms with van der Waals surface area (Å²) in [6.45, 7) is 4.78. The molecule has 2 N–H and O–H groups in total. The zero-order chi connectivity index (χ0) is 14.8. The van der Waals surface area contributed by atoms with Crippen molar-refractivity contribution in [3.63, 3.8) is 0 Å². The second-order valence-corrected chi connectivity index (χ2v) is 6.16. The van der Waals surface area contributed by atoms with E-state index in [2.05, 4.69) is 29.0 Å². The smallest absolute Gasteiger partial charge is 0.242 e. The number of hydrogen-bond acceptors (Lipinski definition) is 4. The van der Waals surface area contributed by atoms with Gasteiger partial charge in [-0.15, -0.1) is 0 Å². The summed E-state index contributed by atoms with van der Waals surface area (Å²) in [6.07, 6.45) is 0.898. The third kappa shape index (κ3) is 3.19. The van der Waals surface area contributed by atoms with E-state index in [0.717, 1.165) is 39.1 Å². The molecule has 0 saturated carbocycles. The zero-order valence-electron chi connectivity index (χ0n) is 12.7. The van der Waals surface area contributed by atoms with Gasteiger partial charge in [0.25, 0.3) is 0 Å². The van der Waals surface area contributed by atoms with Crippen LogP contribution >= 0.6 is 0 Å². The highest BCUT2D eigenvalue weighted by atomic mass is 16.2. The predicted octanol–water partition coefficient (Wildman–Crippen LogP) is 0.150. The average Bonchev–Trinajstić information content (AvgIpc) is 2.47. The number of carbonyl (C=O) groups is 1. The fourth-order valence-electron chi connectivity index (χ4n) is 3.19. The first-order valence-corrected chi connectivity index (χ1v) is 7.68. The number of benzene rings is 1. The monoisotopic (exact) mass is 288 g/mol. The summed E-state index contributed by atoms with van der Waals surface area (Å²) in [5.41, 5.74) is 8.56. The van der Waals surface area contributed by atoms with E-state index < -0.39 is 0 Å². The van der Waals surface area contributed by atoms with E-state index >= 15 is 0 Å². The highest BCUT2D eigenvalue weighted by molar-refractivity contribution is 5.82. The first-order valence-electron chi connectivity index (χ1n) is 7.68. The number of nitrogens with zero attached hydrogens (tertiary/aromatic N) is 3. The number of piperazine rings is 1. The van der Waals surface area contributed by atoms with Crippen LogP contribution in [0, 0.1) is 0 Å². The number of hydrogen-bond donors (Lipinski definition) is 1. The topological polar surface area (TPSA) is 52.8 Å². The molecule has 1 amide bonds. The van der Waals surface area contributed by atoms with Crippen LogP contribution in [0.3, 0.4) is 0 Å². The SMILES string of the molecule is CN1CCN(C(=O)CN2CC(N)Cc3ccccc32)CC1. The molecule has 5 nitrogen and oxygen atoms in total. The lowest BCUT2D eigenvalue weighted by molar-refractivity contribution is -0.131. The van der Waals surface area contributed by atoms with Crippen LogP contribution in [-0.4, -0.2) is 68.1 Å². The molecular weight excluding hydrogens is 264 g/mol. The summed E-state index contributed by atoms with van der Waals surface area (Å²) < 4.78 is 0. The maximum Gasteiger partial charge on any atom is 0.242 e. The van der Waals surface area contributed by atoms with Crippen LogP contribution in [-0.2, 0) is 11.2 Å². The highest BCUT2D eigenvalue weighted by Gasteiger charge is 2.26. The molecule has 21 heavy (non-hydrogen) atoms. The fourth-order valence-corrected chi connectivity index (χ4v) is 3.19. The Balaban J connectivity index is 1.68. The molecule has 3 rings (SSSR count). The molecule has 0 bridgehead atoms. The average molecular weight is 288 g/mol. The predicted molar refractivity (Wildman–Crippen MR) is 84.4 cm³/mol. The van der Waals surface area contributed by atoms with Crippen LogP contribution in [0.1, 0.15) is 5.56 Å². The summed E-state index contributed by atoms with van der Waals surface area (Å²) in [4.78, 5) is 18.9. The Morgan fingerprint density at radius 2 is 1.95 bits per heavy atom. The number of likely N-dealkylation sites (N-methyl/N-ethyl adjacent to an activating group) is 1. The quantitative estimate of drug-likeness (QED) is 0.842. The van der Waals surface area contributed by atoms with Crippen molar-refractivity contribution in [3.8, 4) is 0 Å². The second-order valence-electron chi connectivity index (χ2n) is 6.16. The van der Waals surface area contributed by atoms with Gasteiger partial charge in [0.05, 0.1) is 6.54 Å². The highest BCUT2D eigenvalue weighted by Crippen LogP contribution is 2.26. The van der Waals surface area contributed by atoms with E-state index in [-0.39, 0.29) is 11.9 Å².